The van der Waals surface area contributed by atoms with Crippen LogP contribution in [0.15, 0.2) is 42.9 Å². The van der Waals surface area contributed by atoms with Crippen LogP contribution in [0.4, 0.5) is 11.5 Å². The van der Waals surface area contributed by atoms with E-state index in [4.69, 9.17) is 0 Å². The summed E-state index contributed by atoms with van der Waals surface area (Å²) in [5.74, 6) is 1.32. The van der Waals surface area contributed by atoms with E-state index in [1.54, 1.807) is 6.33 Å². The van der Waals surface area contributed by atoms with Crippen LogP contribution in [0.3, 0.4) is 0 Å². The normalized spacial score (nSPS) is 17.4. The summed E-state index contributed by atoms with van der Waals surface area (Å²) >= 11 is 0. The zero-order chi connectivity index (χ0) is 21.0. The average Bonchev–Trinajstić information content (AvgIpc) is 3.50. The van der Waals surface area contributed by atoms with Gasteiger partial charge in [0.2, 0.25) is 5.91 Å². The van der Waals surface area contributed by atoms with Gasteiger partial charge in [0, 0.05) is 44.3 Å². The SMILES string of the molecule is O=C(NCCn1ncc2c(N3CCN(c4ccccc4)CC3)ncnc21)C1CCCC1. The monoisotopic (exact) mass is 419 g/mol. The van der Waals surface area contributed by atoms with E-state index in [1.165, 1.54) is 18.5 Å². The second-order valence-corrected chi connectivity index (χ2v) is 8.38. The van der Waals surface area contributed by atoms with E-state index < -0.39 is 0 Å². The molecule has 3 aromatic rings. The van der Waals surface area contributed by atoms with Crippen molar-refractivity contribution in [3.05, 3.63) is 42.9 Å². The lowest BCUT2D eigenvalue weighted by Gasteiger charge is -2.36. The van der Waals surface area contributed by atoms with Gasteiger partial charge in [0.15, 0.2) is 5.65 Å². The molecule has 0 atom stereocenters. The van der Waals surface area contributed by atoms with Crippen LogP contribution in [-0.2, 0) is 11.3 Å². The molecule has 1 amide bonds. The third-order valence-corrected chi connectivity index (χ3v) is 6.46. The molecule has 1 saturated carbocycles. The van der Waals surface area contributed by atoms with Crippen LogP contribution in [0, 0.1) is 5.92 Å². The van der Waals surface area contributed by atoms with Crippen molar-refractivity contribution in [2.24, 2.45) is 5.92 Å². The molecular formula is C23H29N7O. The molecule has 2 fully saturated rings. The van der Waals surface area contributed by atoms with Crippen LogP contribution in [0.5, 0.6) is 0 Å². The molecule has 1 aliphatic heterocycles. The van der Waals surface area contributed by atoms with Crippen LogP contribution in [0.25, 0.3) is 11.0 Å². The van der Waals surface area contributed by atoms with Gasteiger partial charge in [0.1, 0.15) is 12.1 Å². The highest BCUT2D eigenvalue weighted by Gasteiger charge is 2.23. The number of carbonyl (C=O) groups is 1. The van der Waals surface area contributed by atoms with E-state index in [0.717, 1.165) is 55.9 Å². The van der Waals surface area contributed by atoms with Gasteiger partial charge < -0.3 is 15.1 Å². The van der Waals surface area contributed by atoms with Gasteiger partial charge in [0.05, 0.1) is 18.1 Å². The summed E-state index contributed by atoms with van der Waals surface area (Å²) in [6, 6.07) is 10.5. The molecule has 3 heterocycles. The number of benzene rings is 1. The van der Waals surface area contributed by atoms with E-state index in [0.29, 0.717) is 13.1 Å². The van der Waals surface area contributed by atoms with Crippen molar-refractivity contribution >= 4 is 28.4 Å². The van der Waals surface area contributed by atoms with Crippen LogP contribution >= 0.6 is 0 Å². The molecule has 31 heavy (non-hydrogen) atoms. The van der Waals surface area contributed by atoms with Gasteiger partial charge in [-0.2, -0.15) is 5.10 Å². The predicted molar refractivity (Wildman–Crippen MR) is 121 cm³/mol. The van der Waals surface area contributed by atoms with Gasteiger partial charge in [-0.15, -0.1) is 0 Å². The van der Waals surface area contributed by atoms with E-state index in [1.807, 2.05) is 10.9 Å². The smallest absolute Gasteiger partial charge is 0.223 e. The number of hydrogen-bond acceptors (Lipinski definition) is 6. The van der Waals surface area contributed by atoms with Crippen molar-refractivity contribution in [2.75, 3.05) is 42.5 Å². The van der Waals surface area contributed by atoms with Gasteiger partial charge in [-0.3, -0.25) is 4.79 Å². The van der Waals surface area contributed by atoms with Crippen LogP contribution < -0.4 is 15.1 Å². The molecule has 0 unspecified atom stereocenters. The molecule has 5 rings (SSSR count). The maximum atomic E-state index is 12.3. The number of para-hydroxylation sites is 1. The summed E-state index contributed by atoms with van der Waals surface area (Å²) < 4.78 is 1.87. The Bertz CT molecular complexity index is 1020. The summed E-state index contributed by atoms with van der Waals surface area (Å²) in [4.78, 5) is 26.0. The number of rotatable bonds is 6. The minimum absolute atomic E-state index is 0.181. The fraction of sp³-hybridized carbons (Fsp3) is 0.478. The third-order valence-electron chi connectivity index (χ3n) is 6.46. The Kier molecular flexibility index (Phi) is 5.69. The number of hydrogen-bond donors (Lipinski definition) is 1. The summed E-state index contributed by atoms with van der Waals surface area (Å²) in [7, 11) is 0. The first-order valence-corrected chi connectivity index (χ1v) is 11.3. The average molecular weight is 420 g/mol. The van der Waals surface area contributed by atoms with Crippen molar-refractivity contribution in [3.8, 4) is 0 Å². The molecule has 1 aromatic carbocycles. The Morgan fingerprint density at radius 2 is 1.74 bits per heavy atom. The molecule has 2 aromatic heterocycles. The second kappa shape index (κ2) is 8.91. The topological polar surface area (TPSA) is 79.2 Å². The highest BCUT2D eigenvalue weighted by Crippen LogP contribution is 2.26. The molecule has 162 valence electrons. The van der Waals surface area contributed by atoms with E-state index in [-0.39, 0.29) is 11.8 Å². The number of amides is 1. The van der Waals surface area contributed by atoms with Crippen LogP contribution in [0.1, 0.15) is 25.7 Å². The van der Waals surface area contributed by atoms with Gasteiger partial charge in [-0.05, 0) is 25.0 Å². The Hall–Kier alpha value is -3.16. The lowest BCUT2D eigenvalue weighted by molar-refractivity contribution is -0.124. The molecule has 0 bridgehead atoms. The first-order chi connectivity index (χ1) is 15.3. The molecule has 8 heteroatoms. The van der Waals surface area contributed by atoms with Crippen molar-refractivity contribution in [1.29, 1.82) is 0 Å². The number of nitrogens with one attached hydrogen (secondary N) is 1. The fourth-order valence-electron chi connectivity index (χ4n) is 4.73. The van der Waals surface area contributed by atoms with Crippen molar-refractivity contribution in [1.82, 2.24) is 25.1 Å². The number of nitrogens with zero attached hydrogens (tertiary/aromatic N) is 6. The largest absolute Gasteiger partial charge is 0.368 e. The second-order valence-electron chi connectivity index (χ2n) is 8.38. The number of anilines is 2. The maximum absolute atomic E-state index is 12.3. The van der Waals surface area contributed by atoms with Crippen LogP contribution in [0.2, 0.25) is 0 Å². The molecule has 0 radical (unpaired) electrons. The lowest BCUT2D eigenvalue weighted by atomic mass is 10.1. The van der Waals surface area contributed by atoms with Crippen molar-refractivity contribution < 1.29 is 4.79 Å². The number of aromatic nitrogens is 4. The summed E-state index contributed by atoms with van der Waals surface area (Å²) in [6.45, 7) is 4.91. The van der Waals surface area contributed by atoms with E-state index >= 15 is 0 Å². The number of piperazine rings is 1. The summed E-state index contributed by atoms with van der Waals surface area (Å²) in [6.07, 6.45) is 7.85. The van der Waals surface area contributed by atoms with Gasteiger partial charge in [0.25, 0.3) is 0 Å². The zero-order valence-electron chi connectivity index (χ0n) is 17.8. The molecule has 8 nitrogen and oxygen atoms in total. The Balaban J connectivity index is 1.23. The molecule has 1 saturated heterocycles. The first-order valence-electron chi connectivity index (χ1n) is 11.3. The minimum Gasteiger partial charge on any atom is -0.368 e. The molecule has 0 spiro atoms. The Morgan fingerprint density at radius 3 is 2.52 bits per heavy atom. The van der Waals surface area contributed by atoms with E-state index in [9.17, 15) is 4.79 Å². The van der Waals surface area contributed by atoms with Crippen LogP contribution in [-0.4, -0.2) is 58.4 Å². The highest BCUT2D eigenvalue weighted by molar-refractivity contribution is 5.86. The quantitative estimate of drug-likeness (QED) is 0.661. The summed E-state index contributed by atoms with van der Waals surface area (Å²) in [5.41, 5.74) is 2.09. The fourth-order valence-corrected chi connectivity index (χ4v) is 4.73. The predicted octanol–water partition coefficient (Wildman–Crippen LogP) is 2.46. The van der Waals surface area contributed by atoms with E-state index in [2.05, 4.69) is 60.5 Å². The standard InChI is InChI=1S/C23H29N7O/c31-23(18-6-4-5-7-18)24-10-11-30-22-20(16-27-30)21(25-17-26-22)29-14-12-28(13-15-29)19-8-2-1-3-9-19/h1-3,8-9,16-18H,4-7,10-15H2,(H,24,31). The molecule has 1 aliphatic carbocycles. The first kappa shape index (κ1) is 19.8. The van der Waals surface area contributed by atoms with Gasteiger partial charge >= 0.3 is 0 Å². The zero-order valence-corrected chi connectivity index (χ0v) is 17.8. The Morgan fingerprint density at radius 1 is 1.00 bits per heavy atom. The minimum atomic E-state index is 0.181. The lowest BCUT2D eigenvalue weighted by Crippen LogP contribution is -2.46. The Labute approximate surface area is 182 Å². The molecule has 2 aliphatic rings. The third kappa shape index (κ3) is 4.19. The summed E-state index contributed by atoms with van der Waals surface area (Å²) in [5, 5.41) is 8.57. The molecular weight excluding hydrogens is 390 g/mol. The van der Waals surface area contributed by atoms with Crippen molar-refractivity contribution in [2.45, 2.75) is 32.2 Å². The highest BCUT2D eigenvalue weighted by atomic mass is 16.1. The number of fused-ring (bicyclic) bond motifs is 1. The number of carbonyl (C=O) groups excluding carboxylic acids is 1. The van der Waals surface area contributed by atoms with Crippen molar-refractivity contribution in [3.63, 3.8) is 0 Å². The maximum Gasteiger partial charge on any atom is 0.223 e. The molecule has 1 N–H and O–H groups in total. The van der Waals surface area contributed by atoms with Gasteiger partial charge in [-0.1, -0.05) is 31.0 Å². The van der Waals surface area contributed by atoms with Gasteiger partial charge in [-0.25, -0.2) is 14.6 Å².